The van der Waals surface area contributed by atoms with Crippen molar-refractivity contribution in [3.63, 3.8) is 0 Å². The van der Waals surface area contributed by atoms with Gasteiger partial charge in [-0.05, 0) is 269 Å². The Balaban J connectivity index is 0.000000114. The molecule has 0 amide bonds. The number of aryl methyl sites for hydroxylation is 2. The highest BCUT2D eigenvalue weighted by molar-refractivity contribution is 6.10. The lowest BCUT2D eigenvalue weighted by molar-refractivity contribution is 0.415. The van der Waals surface area contributed by atoms with E-state index in [2.05, 4.69) is 585 Å². The van der Waals surface area contributed by atoms with E-state index in [0.29, 0.717) is 0 Å². The summed E-state index contributed by atoms with van der Waals surface area (Å²) in [4.78, 5) is 18.3. The molecule has 24 aromatic rings. The summed E-state index contributed by atoms with van der Waals surface area (Å²) in [5.41, 5.74) is 25.4. The fourth-order valence-corrected chi connectivity index (χ4v) is 20.0. The second kappa shape index (κ2) is 42.8. The topological polar surface area (TPSA) is 44.4 Å². The van der Waals surface area contributed by atoms with Crippen LogP contribution in [-0.4, -0.2) is 42.4 Å². The zero-order valence-corrected chi connectivity index (χ0v) is 83.2. The van der Waals surface area contributed by atoms with Gasteiger partial charge in [0.2, 0.25) is 0 Å². The summed E-state index contributed by atoms with van der Waals surface area (Å²) in [6, 6.07) is 190. The predicted molar refractivity (Wildman–Crippen MR) is 625 cm³/mol. The molecule has 0 aliphatic rings. The second-order valence-electron chi connectivity index (χ2n) is 36.7. The Morgan fingerprint density at radius 1 is 0.137 bits per heavy atom. The highest BCUT2D eigenvalue weighted by atomic mass is 16.5. The van der Waals surface area contributed by atoms with Crippen molar-refractivity contribution in [1.82, 2.24) is 0 Å². The molecule has 10 nitrogen and oxygen atoms in total. The minimum absolute atomic E-state index is 0.846. The maximum Gasteiger partial charge on any atom is 0.120 e. The standard InChI is InChI=1S/2C34H28N2O.2C34H28N2/c1-35(29-14-9-15-30(24-29)37-2)27-20-22-28(23-21-27)36(33-18-7-12-25-10-3-5-16-31(25)33)34-19-8-13-26-11-4-6-17-32(26)34;1-35(28-21-23-30(37-2)24-22-28)27-17-19-29(20-18-27)36(33-15-7-11-25-9-3-5-13-31(25)33)34-16-8-12-26-10-4-6-14-32(26)34;1-25-10-7-15-30(24-25)35(2)28-20-22-29(23-21-28)36(33-18-8-13-26-11-3-5-16-31(26)33)34-19-9-14-27-12-4-6-17-32(27)34;1-25-17-19-28(20-18-25)35(2)29-21-23-30(24-22-29)36(33-15-7-11-26-9-3-5-13-31(26)33)34-16-8-12-27-10-4-6-14-32(27)34/h2*3-24H,1-2H3;2*3-24H,1-2H3. The molecule has 0 fully saturated rings. The van der Waals surface area contributed by atoms with Crippen LogP contribution in [0.15, 0.2) is 534 Å². The molecule has 0 saturated carbocycles. The summed E-state index contributed by atoms with van der Waals surface area (Å²) in [6.45, 7) is 4.25. The van der Waals surface area contributed by atoms with E-state index in [9.17, 15) is 0 Å². The summed E-state index contributed by atoms with van der Waals surface area (Å²) in [5, 5.41) is 19.6. The van der Waals surface area contributed by atoms with E-state index in [1.54, 1.807) is 14.2 Å². The zero-order valence-electron chi connectivity index (χ0n) is 83.2. The van der Waals surface area contributed by atoms with Gasteiger partial charge >= 0.3 is 0 Å². The van der Waals surface area contributed by atoms with E-state index in [1.807, 2.05) is 30.3 Å². The van der Waals surface area contributed by atoms with Crippen molar-refractivity contribution in [2.24, 2.45) is 0 Å². The molecule has 24 rings (SSSR count). The first-order valence-corrected chi connectivity index (χ1v) is 49.6. The van der Waals surface area contributed by atoms with E-state index < -0.39 is 0 Å². The number of hydrogen-bond acceptors (Lipinski definition) is 10. The molecule has 24 aromatic carbocycles. The summed E-state index contributed by atoms with van der Waals surface area (Å²) in [6.07, 6.45) is 0. The fraction of sp³-hybridized carbons (Fsp3) is 0.0588. The first-order chi connectivity index (χ1) is 71.8. The quantitative estimate of drug-likeness (QED) is 0.0656. The van der Waals surface area contributed by atoms with E-state index in [0.717, 1.165) is 91.1 Å². The van der Waals surface area contributed by atoms with Gasteiger partial charge in [-0.15, -0.1) is 0 Å². The van der Waals surface area contributed by atoms with Crippen LogP contribution in [0.4, 0.5) is 114 Å². The number of ether oxygens (including phenoxy) is 2. The molecule has 10 heteroatoms. The number of benzene rings is 24. The third kappa shape index (κ3) is 19.7. The van der Waals surface area contributed by atoms with E-state index in [-0.39, 0.29) is 0 Å². The minimum Gasteiger partial charge on any atom is -0.497 e. The molecule has 0 aliphatic carbocycles. The van der Waals surface area contributed by atoms with Crippen molar-refractivity contribution < 1.29 is 9.47 Å². The maximum atomic E-state index is 5.43. The van der Waals surface area contributed by atoms with Crippen molar-refractivity contribution >= 4 is 200 Å². The number of hydrogen-bond donors (Lipinski definition) is 0. The molecule has 0 radical (unpaired) electrons. The molecular formula is C136H112N8O2. The van der Waals surface area contributed by atoms with E-state index >= 15 is 0 Å². The molecule has 0 aromatic heterocycles. The van der Waals surface area contributed by atoms with Crippen LogP contribution in [0.25, 0.3) is 86.2 Å². The van der Waals surface area contributed by atoms with Gasteiger partial charge in [-0.2, -0.15) is 0 Å². The molecule has 0 aliphatic heterocycles. The van der Waals surface area contributed by atoms with Crippen molar-refractivity contribution in [1.29, 1.82) is 0 Å². The molecule has 0 heterocycles. The molecular weight excluding hydrogens is 1780 g/mol. The van der Waals surface area contributed by atoms with Crippen LogP contribution in [0.1, 0.15) is 11.1 Å². The second-order valence-corrected chi connectivity index (χ2v) is 36.7. The highest BCUT2D eigenvalue weighted by Gasteiger charge is 2.25. The molecule has 0 saturated heterocycles. The van der Waals surface area contributed by atoms with Crippen molar-refractivity contribution in [2.75, 3.05) is 81.6 Å². The van der Waals surface area contributed by atoms with Gasteiger partial charge in [-0.1, -0.05) is 327 Å². The lowest BCUT2D eigenvalue weighted by atomic mass is 10.0. The summed E-state index contributed by atoms with van der Waals surface area (Å²) < 4.78 is 10.7. The Morgan fingerprint density at radius 3 is 0.541 bits per heavy atom. The average molecular weight is 1890 g/mol. The Labute approximate surface area is 855 Å². The first-order valence-electron chi connectivity index (χ1n) is 49.6. The Morgan fingerprint density at radius 2 is 0.315 bits per heavy atom. The number of rotatable bonds is 22. The molecule has 0 N–H and O–H groups in total. The minimum atomic E-state index is 0.846. The van der Waals surface area contributed by atoms with Gasteiger partial charge in [0.15, 0.2) is 0 Å². The summed E-state index contributed by atoms with van der Waals surface area (Å²) in [7, 11) is 11.8. The average Bonchev–Trinajstić information content (AvgIpc) is 0.772. The number of fused-ring (bicyclic) bond motifs is 8. The molecule has 708 valence electrons. The van der Waals surface area contributed by atoms with Crippen molar-refractivity contribution in [3.8, 4) is 11.5 Å². The maximum absolute atomic E-state index is 5.43. The van der Waals surface area contributed by atoms with E-state index in [4.69, 9.17) is 9.47 Å². The molecule has 146 heavy (non-hydrogen) atoms. The van der Waals surface area contributed by atoms with Gasteiger partial charge in [0.25, 0.3) is 0 Å². The van der Waals surface area contributed by atoms with Crippen LogP contribution in [0.3, 0.4) is 0 Å². The first kappa shape index (κ1) is 93.6. The van der Waals surface area contributed by atoms with Crippen LogP contribution in [-0.2, 0) is 0 Å². The molecule has 0 spiro atoms. The van der Waals surface area contributed by atoms with Gasteiger partial charge in [-0.25, -0.2) is 0 Å². The fourth-order valence-electron chi connectivity index (χ4n) is 20.0. The van der Waals surface area contributed by atoms with Gasteiger partial charge < -0.3 is 48.7 Å². The van der Waals surface area contributed by atoms with Gasteiger partial charge in [0, 0.05) is 146 Å². The summed E-state index contributed by atoms with van der Waals surface area (Å²) >= 11 is 0. The van der Waals surface area contributed by atoms with Crippen molar-refractivity contribution in [2.45, 2.75) is 13.8 Å². The molecule has 0 bridgehead atoms. The Bertz CT molecular complexity index is 8360. The van der Waals surface area contributed by atoms with Crippen LogP contribution in [0.2, 0.25) is 0 Å². The largest absolute Gasteiger partial charge is 0.497 e. The smallest absolute Gasteiger partial charge is 0.120 e. The zero-order chi connectivity index (χ0) is 99.4. The lowest BCUT2D eigenvalue weighted by Gasteiger charge is -2.29. The monoisotopic (exact) mass is 1890 g/mol. The van der Waals surface area contributed by atoms with Crippen molar-refractivity contribution in [3.05, 3.63) is 545 Å². The van der Waals surface area contributed by atoms with Gasteiger partial charge in [-0.3, -0.25) is 0 Å². The van der Waals surface area contributed by atoms with Crippen LogP contribution in [0, 0.1) is 13.8 Å². The van der Waals surface area contributed by atoms with Crippen LogP contribution >= 0.6 is 0 Å². The van der Waals surface area contributed by atoms with E-state index in [1.165, 1.54) is 131 Å². The lowest BCUT2D eigenvalue weighted by Crippen LogP contribution is -2.12. The third-order valence-corrected chi connectivity index (χ3v) is 27.8. The number of anilines is 20. The normalized spacial score (nSPS) is 11.0. The predicted octanol–water partition coefficient (Wildman–Crippen LogP) is 37.6. The highest BCUT2D eigenvalue weighted by Crippen LogP contribution is 2.50. The van der Waals surface area contributed by atoms with Gasteiger partial charge in [0.1, 0.15) is 11.5 Å². The molecule has 0 unspecified atom stereocenters. The van der Waals surface area contributed by atoms with Crippen LogP contribution < -0.4 is 48.7 Å². The Kier molecular flexibility index (Phi) is 27.5. The molecule has 0 atom stereocenters. The number of nitrogens with zero attached hydrogens (tertiary/aromatic N) is 8. The third-order valence-electron chi connectivity index (χ3n) is 27.8. The SMILES string of the molecule is COc1ccc(N(C)c2ccc(N(c3cccc4ccccc34)c3cccc4ccccc34)cc2)cc1.COc1cccc(N(C)c2ccc(N(c3cccc4ccccc34)c3cccc4ccccc34)cc2)c1.Cc1ccc(N(C)c2ccc(N(c3cccc4ccccc34)c3cccc4ccccc34)cc2)cc1.Cc1cccc(N(C)c2ccc(N(c3cccc4ccccc34)c3cccc4ccccc34)cc2)c1. The van der Waals surface area contributed by atoms with Crippen LogP contribution in [0.5, 0.6) is 11.5 Å². The Hall–Kier alpha value is -18.6. The number of methoxy groups -OCH3 is 2. The summed E-state index contributed by atoms with van der Waals surface area (Å²) in [5.74, 6) is 1.70. The van der Waals surface area contributed by atoms with Gasteiger partial charge in [0.05, 0.1) is 59.7 Å².